The van der Waals surface area contributed by atoms with Crippen LogP contribution in [0.15, 0.2) is 59.5 Å². The Morgan fingerprint density at radius 3 is 2.71 bits per heavy atom. The number of aryl methyl sites for hydroxylation is 2. The SMILES string of the molecule is Cc1ccc2nsnc2c1S(=O)(=O)Nc1cc(Cl)ccc1C(=O)N1CCCc2ccccc2C1. The van der Waals surface area contributed by atoms with Gasteiger partial charge >= 0.3 is 0 Å². The van der Waals surface area contributed by atoms with E-state index in [-0.39, 0.29) is 22.1 Å². The van der Waals surface area contributed by atoms with E-state index in [9.17, 15) is 13.2 Å². The van der Waals surface area contributed by atoms with Crippen LogP contribution in [0.25, 0.3) is 11.0 Å². The molecule has 0 aliphatic carbocycles. The molecule has 0 atom stereocenters. The topological polar surface area (TPSA) is 92.3 Å². The van der Waals surface area contributed by atoms with Gasteiger partial charge in [0.25, 0.3) is 15.9 Å². The molecule has 0 bridgehead atoms. The van der Waals surface area contributed by atoms with Gasteiger partial charge in [-0.2, -0.15) is 8.75 Å². The lowest BCUT2D eigenvalue weighted by Gasteiger charge is -2.23. The Morgan fingerprint density at radius 1 is 1.09 bits per heavy atom. The molecule has 0 saturated heterocycles. The highest BCUT2D eigenvalue weighted by Crippen LogP contribution is 2.31. The Bertz CT molecular complexity index is 1520. The lowest BCUT2D eigenvalue weighted by Crippen LogP contribution is -2.31. The largest absolute Gasteiger partial charge is 0.334 e. The van der Waals surface area contributed by atoms with Gasteiger partial charge in [-0.15, -0.1) is 0 Å². The summed E-state index contributed by atoms with van der Waals surface area (Å²) in [6, 6.07) is 16.1. The van der Waals surface area contributed by atoms with Gasteiger partial charge in [0.15, 0.2) is 0 Å². The van der Waals surface area contributed by atoms with Gasteiger partial charge in [-0.05, 0) is 60.7 Å². The van der Waals surface area contributed by atoms with Crippen molar-refractivity contribution in [3.63, 3.8) is 0 Å². The number of aromatic nitrogens is 2. The average molecular weight is 513 g/mol. The van der Waals surface area contributed by atoms with Crippen molar-refractivity contribution in [3.05, 3.63) is 81.9 Å². The molecule has 3 aromatic carbocycles. The summed E-state index contributed by atoms with van der Waals surface area (Å²) in [5.74, 6) is -0.253. The number of carbonyl (C=O) groups excluding carboxylic acids is 1. The molecule has 0 unspecified atom stereocenters. The Morgan fingerprint density at radius 2 is 1.88 bits per heavy atom. The highest BCUT2D eigenvalue weighted by molar-refractivity contribution is 7.93. The van der Waals surface area contributed by atoms with Gasteiger partial charge in [0.1, 0.15) is 15.9 Å². The molecule has 4 aromatic rings. The number of rotatable bonds is 4. The number of halogens is 1. The standard InChI is InChI=1S/C24H21ClN4O3S2/c1-15-8-11-20-22(27-33-26-20)23(15)34(31,32)28-21-13-18(25)9-10-19(21)24(30)29-12-4-7-16-5-2-3-6-17(16)14-29/h2-3,5-6,8-11,13,28H,4,7,12,14H2,1H3. The molecular weight excluding hydrogens is 492 g/mol. The third-order valence-electron chi connectivity index (χ3n) is 5.94. The van der Waals surface area contributed by atoms with Crippen LogP contribution in [0, 0.1) is 6.92 Å². The molecule has 0 radical (unpaired) electrons. The minimum atomic E-state index is -4.08. The number of nitrogens with zero attached hydrogens (tertiary/aromatic N) is 3. The highest BCUT2D eigenvalue weighted by Gasteiger charge is 2.27. The average Bonchev–Trinajstić information content (AvgIpc) is 3.16. The summed E-state index contributed by atoms with van der Waals surface area (Å²) in [6.07, 6.45) is 1.72. The summed E-state index contributed by atoms with van der Waals surface area (Å²) in [5, 5.41) is 0.320. The molecule has 7 nitrogen and oxygen atoms in total. The predicted octanol–water partition coefficient (Wildman–Crippen LogP) is 5.04. The monoisotopic (exact) mass is 512 g/mol. The molecule has 0 spiro atoms. The van der Waals surface area contributed by atoms with Gasteiger partial charge in [-0.1, -0.05) is 41.9 Å². The van der Waals surface area contributed by atoms with Crippen LogP contribution in [-0.4, -0.2) is 34.5 Å². The number of benzene rings is 3. The quantitative estimate of drug-likeness (QED) is 0.413. The van der Waals surface area contributed by atoms with Crippen LogP contribution in [0.3, 0.4) is 0 Å². The van der Waals surface area contributed by atoms with Gasteiger partial charge in [0.2, 0.25) is 0 Å². The molecule has 1 N–H and O–H groups in total. The summed E-state index contributed by atoms with van der Waals surface area (Å²) >= 11 is 7.15. The number of carbonyl (C=O) groups is 1. The van der Waals surface area contributed by atoms with Gasteiger partial charge in [0.05, 0.1) is 23.0 Å². The van der Waals surface area contributed by atoms with Crippen molar-refractivity contribution in [2.45, 2.75) is 31.2 Å². The first-order chi connectivity index (χ1) is 16.3. The first-order valence-corrected chi connectivity index (χ1v) is 13.3. The van der Waals surface area contributed by atoms with Crippen LogP contribution in [0.4, 0.5) is 5.69 Å². The molecule has 1 aliphatic heterocycles. The lowest BCUT2D eigenvalue weighted by atomic mass is 10.0. The van der Waals surface area contributed by atoms with Crippen LogP contribution < -0.4 is 4.72 Å². The smallest absolute Gasteiger partial charge is 0.264 e. The van der Waals surface area contributed by atoms with Gasteiger partial charge < -0.3 is 4.90 Å². The fraction of sp³-hybridized carbons (Fsp3) is 0.208. The lowest BCUT2D eigenvalue weighted by molar-refractivity contribution is 0.0747. The molecule has 0 saturated carbocycles. The Labute approximate surface area is 206 Å². The van der Waals surface area contributed by atoms with Crippen molar-refractivity contribution in [2.24, 2.45) is 0 Å². The van der Waals surface area contributed by atoms with Crippen LogP contribution in [0.2, 0.25) is 5.02 Å². The number of hydrogen-bond donors (Lipinski definition) is 1. The molecule has 2 heterocycles. The van der Waals surface area contributed by atoms with E-state index in [1.165, 1.54) is 11.6 Å². The van der Waals surface area contributed by atoms with Gasteiger partial charge in [-0.3, -0.25) is 9.52 Å². The summed E-state index contributed by atoms with van der Waals surface area (Å²) < 4.78 is 37.9. The van der Waals surface area contributed by atoms with Crippen molar-refractivity contribution in [1.29, 1.82) is 0 Å². The van der Waals surface area contributed by atoms with E-state index in [1.54, 1.807) is 36.1 Å². The Kier molecular flexibility index (Phi) is 6.01. The van der Waals surface area contributed by atoms with Crippen LogP contribution >= 0.6 is 23.3 Å². The van der Waals surface area contributed by atoms with E-state index >= 15 is 0 Å². The summed E-state index contributed by atoms with van der Waals surface area (Å²) in [6.45, 7) is 2.74. The second kappa shape index (κ2) is 8.98. The Balaban J connectivity index is 1.52. The number of nitrogens with one attached hydrogen (secondary N) is 1. The first-order valence-electron chi connectivity index (χ1n) is 10.7. The zero-order valence-electron chi connectivity index (χ0n) is 18.3. The zero-order chi connectivity index (χ0) is 23.9. The fourth-order valence-electron chi connectivity index (χ4n) is 4.30. The van der Waals surface area contributed by atoms with E-state index in [0.29, 0.717) is 34.7 Å². The van der Waals surface area contributed by atoms with E-state index in [1.807, 2.05) is 18.2 Å². The normalized spacial score (nSPS) is 14.0. The molecule has 174 valence electrons. The van der Waals surface area contributed by atoms with Crippen molar-refractivity contribution in [2.75, 3.05) is 11.3 Å². The van der Waals surface area contributed by atoms with Crippen molar-refractivity contribution < 1.29 is 13.2 Å². The first kappa shape index (κ1) is 22.8. The highest BCUT2D eigenvalue weighted by atomic mass is 35.5. The van der Waals surface area contributed by atoms with Crippen LogP contribution in [-0.2, 0) is 23.0 Å². The molecule has 10 heteroatoms. The van der Waals surface area contributed by atoms with Crippen molar-refractivity contribution in [1.82, 2.24) is 13.6 Å². The van der Waals surface area contributed by atoms with Crippen molar-refractivity contribution in [3.8, 4) is 0 Å². The third kappa shape index (κ3) is 4.26. The molecule has 1 aromatic heterocycles. The number of amides is 1. The van der Waals surface area contributed by atoms with Crippen molar-refractivity contribution >= 4 is 56.0 Å². The molecule has 34 heavy (non-hydrogen) atoms. The van der Waals surface area contributed by atoms with E-state index in [0.717, 1.165) is 30.1 Å². The molecule has 1 amide bonds. The Hall–Kier alpha value is -3.01. The fourth-order valence-corrected chi connectivity index (χ4v) is 6.53. The van der Waals surface area contributed by atoms with Crippen LogP contribution in [0.1, 0.15) is 33.5 Å². The maximum Gasteiger partial charge on any atom is 0.264 e. The molecule has 5 rings (SSSR count). The molecule has 0 fully saturated rings. The van der Waals surface area contributed by atoms with Crippen LogP contribution in [0.5, 0.6) is 0 Å². The number of fused-ring (bicyclic) bond motifs is 2. The maximum absolute atomic E-state index is 13.6. The van der Waals surface area contributed by atoms with E-state index < -0.39 is 10.0 Å². The summed E-state index contributed by atoms with van der Waals surface area (Å²) in [7, 11) is -4.08. The summed E-state index contributed by atoms with van der Waals surface area (Å²) in [4.78, 5) is 15.4. The second-order valence-corrected chi connectivity index (χ2v) is 10.8. The predicted molar refractivity (Wildman–Crippen MR) is 134 cm³/mol. The van der Waals surface area contributed by atoms with Gasteiger partial charge in [-0.25, -0.2) is 8.42 Å². The van der Waals surface area contributed by atoms with Gasteiger partial charge in [0, 0.05) is 18.1 Å². The zero-order valence-corrected chi connectivity index (χ0v) is 20.7. The van der Waals surface area contributed by atoms with E-state index in [4.69, 9.17) is 11.6 Å². The number of hydrogen-bond acceptors (Lipinski definition) is 6. The summed E-state index contributed by atoms with van der Waals surface area (Å²) in [5.41, 5.74) is 4.05. The minimum Gasteiger partial charge on any atom is -0.334 e. The molecule has 1 aliphatic rings. The number of sulfonamides is 1. The third-order valence-corrected chi connectivity index (χ3v) is 8.26. The maximum atomic E-state index is 13.6. The van der Waals surface area contributed by atoms with E-state index in [2.05, 4.69) is 19.5 Å². The number of anilines is 1. The second-order valence-electron chi connectivity index (χ2n) is 8.24. The molecular formula is C24H21ClN4O3S2. The minimum absolute atomic E-state index is 0.0424.